The molecule has 1 unspecified atom stereocenters. The number of thioether (sulfide) groups is 1. The Bertz CT molecular complexity index is 600. The molecule has 0 aliphatic heterocycles. The molecule has 0 saturated heterocycles. The van der Waals surface area contributed by atoms with E-state index in [9.17, 15) is 4.79 Å². The molecule has 106 valence electrons. The first-order valence-electron chi connectivity index (χ1n) is 6.22. The van der Waals surface area contributed by atoms with E-state index in [0.717, 1.165) is 5.56 Å². The normalized spacial score (nSPS) is 12.1. The minimum Gasteiger partial charge on any atom is -0.465 e. The summed E-state index contributed by atoms with van der Waals surface area (Å²) in [5.74, 6) is 0.310. The zero-order chi connectivity index (χ0) is 14.5. The van der Waals surface area contributed by atoms with Crippen LogP contribution in [0.15, 0.2) is 29.4 Å². The standard InChI is InChI=1S/C13H16N4O2S/c1-3-19-12(18)8(2)20-13-15-11(16-17-13)9-6-4-5-7-10(9)14/h4-8H,3,14H2,1-2H3,(H,15,16,17). The van der Waals surface area contributed by atoms with Gasteiger partial charge in [0.1, 0.15) is 5.25 Å². The van der Waals surface area contributed by atoms with E-state index in [0.29, 0.717) is 23.3 Å². The van der Waals surface area contributed by atoms with Gasteiger partial charge in [-0.3, -0.25) is 9.89 Å². The predicted molar refractivity (Wildman–Crippen MR) is 78.2 cm³/mol. The van der Waals surface area contributed by atoms with Gasteiger partial charge in [-0.2, -0.15) is 0 Å². The number of anilines is 1. The predicted octanol–water partition coefficient (Wildman–Crippen LogP) is 2.10. The summed E-state index contributed by atoms with van der Waals surface area (Å²) in [7, 11) is 0. The number of carbonyl (C=O) groups is 1. The largest absolute Gasteiger partial charge is 0.465 e. The number of H-pyrrole nitrogens is 1. The molecule has 1 aromatic heterocycles. The molecule has 0 amide bonds. The van der Waals surface area contributed by atoms with E-state index in [4.69, 9.17) is 10.5 Å². The molecule has 0 aliphatic carbocycles. The molecular formula is C13H16N4O2S. The van der Waals surface area contributed by atoms with Crippen molar-refractivity contribution in [3.63, 3.8) is 0 Å². The van der Waals surface area contributed by atoms with Gasteiger partial charge >= 0.3 is 5.97 Å². The number of carbonyl (C=O) groups excluding carboxylic acids is 1. The SMILES string of the molecule is CCOC(=O)C(C)Sc1n[nH]c(-c2ccccc2N)n1. The van der Waals surface area contributed by atoms with Crippen LogP contribution in [0.3, 0.4) is 0 Å². The van der Waals surface area contributed by atoms with Crippen molar-refractivity contribution in [3.8, 4) is 11.4 Å². The Morgan fingerprint density at radius 3 is 2.95 bits per heavy atom. The van der Waals surface area contributed by atoms with Gasteiger partial charge in [0.05, 0.1) is 6.61 Å². The van der Waals surface area contributed by atoms with E-state index in [1.165, 1.54) is 11.8 Å². The van der Waals surface area contributed by atoms with Gasteiger partial charge in [0.25, 0.3) is 0 Å². The van der Waals surface area contributed by atoms with Crippen LogP contribution < -0.4 is 5.73 Å². The molecule has 1 heterocycles. The van der Waals surface area contributed by atoms with E-state index < -0.39 is 0 Å². The molecule has 0 radical (unpaired) electrons. The summed E-state index contributed by atoms with van der Waals surface area (Å²) in [6.45, 7) is 3.90. The monoisotopic (exact) mass is 292 g/mol. The molecule has 0 saturated carbocycles. The minimum atomic E-state index is -0.355. The van der Waals surface area contributed by atoms with Gasteiger partial charge in [-0.1, -0.05) is 23.9 Å². The van der Waals surface area contributed by atoms with Crippen LogP contribution in [-0.2, 0) is 9.53 Å². The summed E-state index contributed by atoms with van der Waals surface area (Å²) in [5, 5.41) is 7.04. The fourth-order valence-electron chi connectivity index (χ4n) is 1.60. The highest BCUT2D eigenvalue weighted by molar-refractivity contribution is 8.00. The first kappa shape index (κ1) is 14.4. The molecule has 1 aromatic carbocycles. The first-order chi connectivity index (χ1) is 9.61. The Labute approximate surface area is 121 Å². The maximum absolute atomic E-state index is 11.5. The zero-order valence-electron chi connectivity index (χ0n) is 11.3. The number of aromatic nitrogens is 3. The first-order valence-corrected chi connectivity index (χ1v) is 7.10. The van der Waals surface area contributed by atoms with Crippen LogP contribution in [0, 0.1) is 0 Å². The highest BCUT2D eigenvalue weighted by Crippen LogP contribution is 2.26. The molecule has 0 bridgehead atoms. The number of hydrogen-bond acceptors (Lipinski definition) is 6. The molecule has 3 N–H and O–H groups in total. The molecule has 0 spiro atoms. The number of nitrogens with one attached hydrogen (secondary N) is 1. The number of nitrogens with two attached hydrogens (primary N) is 1. The Hall–Kier alpha value is -2.02. The lowest BCUT2D eigenvalue weighted by Gasteiger charge is -2.06. The van der Waals surface area contributed by atoms with Gasteiger partial charge in [0, 0.05) is 11.3 Å². The number of nitrogen functional groups attached to an aromatic ring is 1. The van der Waals surface area contributed by atoms with Gasteiger partial charge in [0.2, 0.25) is 5.16 Å². The summed E-state index contributed by atoms with van der Waals surface area (Å²) < 4.78 is 4.94. The van der Waals surface area contributed by atoms with Crippen LogP contribution in [0.5, 0.6) is 0 Å². The molecule has 0 fully saturated rings. The maximum Gasteiger partial charge on any atom is 0.319 e. The van der Waals surface area contributed by atoms with E-state index >= 15 is 0 Å². The van der Waals surface area contributed by atoms with Crippen molar-refractivity contribution < 1.29 is 9.53 Å². The Morgan fingerprint density at radius 2 is 2.25 bits per heavy atom. The second-order valence-corrected chi connectivity index (χ2v) is 5.37. The van der Waals surface area contributed by atoms with Crippen molar-refractivity contribution in [2.75, 3.05) is 12.3 Å². The highest BCUT2D eigenvalue weighted by Gasteiger charge is 2.18. The van der Waals surface area contributed by atoms with E-state index in [2.05, 4.69) is 15.2 Å². The van der Waals surface area contributed by atoms with Crippen molar-refractivity contribution in [3.05, 3.63) is 24.3 Å². The zero-order valence-corrected chi connectivity index (χ0v) is 12.1. The number of ether oxygens (including phenoxy) is 1. The van der Waals surface area contributed by atoms with Crippen molar-refractivity contribution in [2.45, 2.75) is 24.3 Å². The number of esters is 1. The number of hydrogen-bond donors (Lipinski definition) is 2. The second-order valence-electron chi connectivity index (χ2n) is 4.07. The summed E-state index contributed by atoms with van der Waals surface area (Å²) in [5.41, 5.74) is 7.29. The average Bonchev–Trinajstić information content (AvgIpc) is 2.87. The Kier molecular flexibility index (Phi) is 4.62. The second kappa shape index (κ2) is 6.42. The summed E-state index contributed by atoms with van der Waals surface area (Å²) >= 11 is 1.24. The lowest BCUT2D eigenvalue weighted by molar-refractivity contribution is -0.142. The summed E-state index contributed by atoms with van der Waals surface area (Å²) in [6, 6.07) is 7.39. The van der Waals surface area contributed by atoms with Crippen molar-refractivity contribution >= 4 is 23.4 Å². The van der Waals surface area contributed by atoms with Crippen LogP contribution in [0.2, 0.25) is 0 Å². The van der Waals surface area contributed by atoms with Gasteiger partial charge in [0.15, 0.2) is 5.82 Å². The molecule has 0 aliphatic rings. The third-order valence-corrected chi connectivity index (χ3v) is 3.52. The van der Waals surface area contributed by atoms with Crippen LogP contribution in [0.1, 0.15) is 13.8 Å². The number of para-hydroxylation sites is 1. The van der Waals surface area contributed by atoms with E-state index in [1.807, 2.05) is 18.2 Å². The lowest BCUT2D eigenvalue weighted by atomic mass is 10.2. The molecule has 7 heteroatoms. The van der Waals surface area contributed by atoms with E-state index in [-0.39, 0.29) is 11.2 Å². The van der Waals surface area contributed by atoms with E-state index in [1.54, 1.807) is 19.9 Å². The van der Waals surface area contributed by atoms with Crippen LogP contribution in [0.4, 0.5) is 5.69 Å². The Balaban J connectivity index is 2.10. The molecular weight excluding hydrogens is 276 g/mol. The minimum absolute atomic E-state index is 0.275. The molecule has 1 atom stereocenters. The number of nitrogens with zero attached hydrogens (tertiary/aromatic N) is 2. The van der Waals surface area contributed by atoms with Crippen LogP contribution in [0.25, 0.3) is 11.4 Å². The summed E-state index contributed by atoms with van der Waals surface area (Å²) in [6.07, 6.45) is 0. The van der Waals surface area contributed by atoms with Crippen molar-refractivity contribution in [2.24, 2.45) is 0 Å². The average molecular weight is 292 g/mol. The maximum atomic E-state index is 11.5. The number of rotatable bonds is 5. The third kappa shape index (κ3) is 3.30. The highest BCUT2D eigenvalue weighted by atomic mass is 32.2. The molecule has 20 heavy (non-hydrogen) atoms. The Morgan fingerprint density at radius 1 is 1.50 bits per heavy atom. The van der Waals surface area contributed by atoms with Crippen molar-refractivity contribution in [1.29, 1.82) is 0 Å². The molecule has 6 nitrogen and oxygen atoms in total. The van der Waals surface area contributed by atoms with Crippen LogP contribution in [-0.4, -0.2) is 33.0 Å². The molecule has 2 aromatic rings. The fraction of sp³-hybridized carbons (Fsp3) is 0.308. The topological polar surface area (TPSA) is 93.9 Å². The van der Waals surface area contributed by atoms with Gasteiger partial charge in [-0.25, -0.2) is 4.98 Å². The smallest absolute Gasteiger partial charge is 0.319 e. The lowest BCUT2D eigenvalue weighted by Crippen LogP contribution is -2.16. The van der Waals surface area contributed by atoms with Gasteiger partial charge in [-0.15, -0.1) is 5.10 Å². The summed E-state index contributed by atoms with van der Waals surface area (Å²) in [4.78, 5) is 15.9. The van der Waals surface area contributed by atoms with Gasteiger partial charge in [-0.05, 0) is 26.0 Å². The van der Waals surface area contributed by atoms with Gasteiger partial charge < -0.3 is 10.5 Å². The number of aromatic amines is 1. The van der Waals surface area contributed by atoms with Crippen LogP contribution >= 0.6 is 11.8 Å². The number of benzene rings is 1. The molecule has 2 rings (SSSR count). The fourth-order valence-corrected chi connectivity index (χ4v) is 2.32. The van der Waals surface area contributed by atoms with Crippen molar-refractivity contribution in [1.82, 2.24) is 15.2 Å². The quantitative estimate of drug-likeness (QED) is 0.498. The third-order valence-electron chi connectivity index (χ3n) is 2.58.